The number of aryl methyl sites for hydroxylation is 2. The van der Waals surface area contributed by atoms with Crippen molar-refractivity contribution in [3.8, 4) is 0 Å². The fourth-order valence-corrected chi connectivity index (χ4v) is 0.678. The Balaban J connectivity index is 3.37. The maximum Gasteiger partial charge on any atom is 0.0517 e. The topological polar surface area (TPSA) is 12.9 Å². The Hall–Kier alpha value is -0.370. The fourth-order valence-electron chi connectivity index (χ4n) is 0.444. The molecule has 0 spiro atoms. The second kappa shape index (κ2) is 2.48. The summed E-state index contributed by atoms with van der Waals surface area (Å²) in [6.07, 6.45) is 1.19. The quantitative estimate of drug-likeness (QED) is 0.615. The summed E-state index contributed by atoms with van der Waals surface area (Å²) in [5.41, 5.74) is -0.264. The van der Waals surface area contributed by atoms with E-state index in [-0.39, 0.29) is 15.7 Å². The molecule has 0 bridgehead atoms. The average Bonchev–Trinajstić information content (AvgIpc) is 1.99. The molecule has 1 aromatic rings. The third-order valence-corrected chi connectivity index (χ3v) is 1.69. The molecule has 2 heteroatoms. The molecular weight excluding hydrogens is 178 g/mol. The van der Waals surface area contributed by atoms with Crippen LogP contribution in [0.2, 0.25) is 0 Å². The lowest BCUT2D eigenvalue weighted by molar-refractivity contribution is 1.15. The molecule has 0 aromatic carbocycles. The minimum atomic E-state index is -2.42. The first kappa shape index (κ1) is 2.35. The second-order valence-electron chi connectivity index (χ2n) is 1.52. The van der Waals surface area contributed by atoms with Gasteiger partial charge in [0.15, 0.2) is 0 Å². The normalized spacial score (nSPS) is 22.3. The molecule has 1 heterocycles. The standard InChI is InChI=1S/C7H8BrN/c1-5-3-4-9-6(2)7(5)8/h3-4H,1-2H3/i1D3,2D3. The van der Waals surface area contributed by atoms with Crippen molar-refractivity contribution in [2.75, 3.05) is 0 Å². The molecule has 0 atom stereocenters. The van der Waals surface area contributed by atoms with Gasteiger partial charge < -0.3 is 0 Å². The van der Waals surface area contributed by atoms with Crippen LogP contribution < -0.4 is 0 Å². The van der Waals surface area contributed by atoms with Gasteiger partial charge in [0.2, 0.25) is 0 Å². The van der Waals surface area contributed by atoms with E-state index in [0.29, 0.717) is 0 Å². The molecular formula is C7H8BrN. The van der Waals surface area contributed by atoms with Gasteiger partial charge in [-0.1, -0.05) is 0 Å². The summed E-state index contributed by atoms with van der Waals surface area (Å²) in [7, 11) is 0. The van der Waals surface area contributed by atoms with Crippen LogP contribution in [-0.2, 0) is 0 Å². The third-order valence-electron chi connectivity index (χ3n) is 0.889. The van der Waals surface area contributed by atoms with Crippen molar-refractivity contribution < 1.29 is 8.22 Å². The first-order valence-electron chi connectivity index (χ1n) is 5.29. The van der Waals surface area contributed by atoms with Gasteiger partial charge >= 0.3 is 0 Å². The third kappa shape index (κ3) is 1.30. The van der Waals surface area contributed by atoms with E-state index in [0.717, 1.165) is 0 Å². The predicted octanol–water partition coefficient (Wildman–Crippen LogP) is 2.46. The molecule has 9 heavy (non-hydrogen) atoms. The zero-order chi connectivity index (χ0) is 11.9. The summed E-state index contributed by atoms with van der Waals surface area (Å²) in [6.45, 7) is -4.76. The van der Waals surface area contributed by atoms with Gasteiger partial charge in [-0.15, -0.1) is 0 Å². The Labute approximate surface area is 71.7 Å². The largest absolute Gasteiger partial charge is 0.260 e. The summed E-state index contributed by atoms with van der Waals surface area (Å²) in [6, 6.07) is 1.28. The molecule has 0 radical (unpaired) electrons. The van der Waals surface area contributed by atoms with Crippen LogP contribution in [0.5, 0.6) is 0 Å². The van der Waals surface area contributed by atoms with Crippen LogP contribution in [0.15, 0.2) is 16.7 Å². The number of pyridine rings is 1. The summed E-state index contributed by atoms with van der Waals surface area (Å²) in [4.78, 5) is 3.66. The monoisotopic (exact) mass is 191 g/mol. The van der Waals surface area contributed by atoms with Crippen molar-refractivity contribution >= 4 is 15.9 Å². The van der Waals surface area contributed by atoms with Crippen LogP contribution in [0, 0.1) is 13.7 Å². The smallest absolute Gasteiger partial charge is 0.0517 e. The van der Waals surface area contributed by atoms with Crippen molar-refractivity contribution in [1.29, 1.82) is 0 Å². The number of rotatable bonds is 0. The molecule has 1 nitrogen and oxygen atoms in total. The molecule has 0 unspecified atom stereocenters. The van der Waals surface area contributed by atoms with E-state index in [1.807, 2.05) is 0 Å². The lowest BCUT2D eigenvalue weighted by Gasteiger charge is -1.97. The van der Waals surface area contributed by atoms with E-state index >= 15 is 0 Å². The van der Waals surface area contributed by atoms with E-state index in [2.05, 4.69) is 20.9 Å². The Kier molecular flexibility index (Phi) is 0.647. The minimum Gasteiger partial charge on any atom is -0.260 e. The van der Waals surface area contributed by atoms with Gasteiger partial charge in [0, 0.05) is 18.9 Å². The molecule has 1 rings (SSSR count). The molecule has 0 saturated heterocycles. The molecule has 0 amide bonds. The number of nitrogens with zero attached hydrogens (tertiary/aromatic N) is 1. The summed E-state index contributed by atoms with van der Waals surface area (Å²) in [5.74, 6) is 0. The highest BCUT2D eigenvalue weighted by Crippen LogP contribution is 2.16. The van der Waals surface area contributed by atoms with Gasteiger partial charge in [-0.25, -0.2) is 0 Å². The summed E-state index contributed by atoms with van der Waals surface area (Å²) >= 11 is 2.97. The summed E-state index contributed by atoms with van der Waals surface area (Å²) < 4.78 is 43.2. The lowest BCUT2D eigenvalue weighted by Crippen LogP contribution is -1.83. The van der Waals surface area contributed by atoms with Gasteiger partial charge in [-0.05, 0) is 41.3 Å². The molecule has 0 fully saturated rings. The van der Waals surface area contributed by atoms with E-state index in [1.54, 1.807) is 0 Å². The van der Waals surface area contributed by atoms with Crippen LogP contribution >= 0.6 is 15.9 Å². The SMILES string of the molecule is [2H]C([2H])([2H])c1ccnc(C([2H])([2H])[2H])c1Br. The number of aromatic nitrogens is 1. The Bertz CT molecular complexity index is 336. The Morgan fingerprint density at radius 3 is 3.22 bits per heavy atom. The molecule has 0 aliphatic rings. The van der Waals surface area contributed by atoms with Crippen molar-refractivity contribution in [3.05, 3.63) is 28.0 Å². The zero-order valence-corrected chi connectivity index (χ0v) is 6.07. The molecule has 0 saturated carbocycles. The predicted molar refractivity (Wildman–Crippen MR) is 41.4 cm³/mol. The Morgan fingerprint density at radius 2 is 2.56 bits per heavy atom. The first-order valence-corrected chi connectivity index (χ1v) is 3.09. The van der Waals surface area contributed by atoms with Gasteiger partial charge in [0.25, 0.3) is 0 Å². The number of halogens is 1. The van der Waals surface area contributed by atoms with Crippen molar-refractivity contribution in [3.63, 3.8) is 0 Å². The van der Waals surface area contributed by atoms with Crippen LogP contribution in [0.25, 0.3) is 0 Å². The highest BCUT2D eigenvalue weighted by Gasteiger charge is 1.95. The van der Waals surface area contributed by atoms with E-state index in [9.17, 15) is 0 Å². The molecule has 1 aromatic heterocycles. The lowest BCUT2D eigenvalue weighted by atomic mass is 10.3. The van der Waals surface area contributed by atoms with Gasteiger partial charge in [0.05, 0.1) is 5.69 Å². The van der Waals surface area contributed by atoms with Crippen LogP contribution in [0.3, 0.4) is 0 Å². The highest BCUT2D eigenvalue weighted by atomic mass is 79.9. The van der Waals surface area contributed by atoms with Crippen molar-refractivity contribution in [1.82, 2.24) is 4.98 Å². The van der Waals surface area contributed by atoms with Gasteiger partial charge in [-0.2, -0.15) is 0 Å². The molecule has 48 valence electrons. The number of hydrogen-bond donors (Lipinski definition) is 0. The van der Waals surface area contributed by atoms with Gasteiger partial charge in [-0.3, -0.25) is 4.98 Å². The fraction of sp³-hybridized carbons (Fsp3) is 0.286. The maximum absolute atomic E-state index is 7.21. The maximum atomic E-state index is 7.21. The van der Waals surface area contributed by atoms with Crippen molar-refractivity contribution in [2.45, 2.75) is 13.7 Å². The highest BCUT2D eigenvalue weighted by molar-refractivity contribution is 9.10. The van der Waals surface area contributed by atoms with E-state index in [4.69, 9.17) is 8.22 Å². The second-order valence-corrected chi connectivity index (χ2v) is 2.31. The summed E-state index contributed by atoms with van der Waals surface area (Å²) in [5, 5.41) is 0. The van der Waals surface area contributed by atoms with Crippen LogP contribution in [-0.4, -0.2) is 4.98 Å². The van der Waals surface area contributed by atoms with Crippen molar-refractivity contribution in [2.24, 2.45) is 0 Å². The zero-order valence-electron chi connectivity index (χ0n) is 10.5. The van der Waals surface area contributed by atoms with E-state index in [1.165, 1.54) is 12.3 Å². The number of hydrogen-bond acceptors (Lipinski definition) is 1. The molecule has 0 aliphatic carbocycles. The first-order chi connectivity index (χ1) is 6.64. The minimum absolute atomic E-state index is 0.0324. The van der Waals surface area contributed by atoms with Crippen LogP contribution in [0.1, 0.15) is 19.5 Å². The average molecular weight is 192 g/mol. The van der Waals surface area contributed by atoms with Gasteiger partial charge in [0.1, 0.15) is 0 Å². The molecule has 0 N–H and O–H groups in total. The van der Waals surface area contributed by atoms with E-state index < -0.39 is 13.7 Å². The Morgan fingerprint density at radius 1 is 1.67 bits per heavy atom. The van der Waals surface area contributed by atoms with Crippen LogP contribution in [0.4, 0.5) is 0 Å². The molecule has 0 aliphatic heterocycles.